The topological polar surface area (TPSA) is 0 Å². The van der Waals surface area contributed by atoms with Gasteiger partial charge in [-0.2, -0.15) is 0 Å². The van der Waals surface area contributed by atoms with Crippen LogP contribution in [0.15, 0.2) is 70.5 Å². The number of rotatable bonds is 3. The van der Waals surface area contributed by atoms with Crippen molar-refractivity contribution in [2.24, 2.45) is 11.8 Å². The Hall–Kier alpha value is -1.21. The number of fused-ring (bicyclic) bond motifs is 2. The molecule has 0 heterocycles. The van der Waals surface area contributed by atoms with Crippen molar-refractivity contribution in [1.29, 1.82) is 0 Å². The largest absolute Gasteiger partial charge is 0.160 e. The highest BCUT2D eigenvalue weighted by Gasteiger charge is 2.50. The van der Waals surface area contributed by atoms with E-state index in [4.69, 9.17) is 0 Å². The van der Waals surface area contributed by atoms with Crippen LogP contribution in [0.2, 0.25) is 0 Å². The number of benzene rings is 2. The summed E-state index contributed by atoms with van der Waals surface area (Å²) < 4.78 is 0. The summed E-state index contributed by atoms with van der Waals surface area (Å²) in [7, 11) is 0.274. The molecule has 3 unspecified atom stereocenters. The molecule has 2 saturated carbocycles. The maximum atomic E-state index is 2.34. The fourth-order valence-corrected chi connectivity index (χ4v) is 7.06. The van der Waals surface area contributed by atoms with E-state index in [2.05, 4.69) is 60.7 Å². The molecule has 102 valence electrons. The first-order valence-corrected chi connectivity index (χ1v) is 9.04. The molecule has 2 aromatic rings. The predicted octanol–water partition coefficient (Wildman–Crippen LogP) is 4.91. The molecular weight excluding hydrogens is 260 g/mol. The molecule has 2 aromatic carbocycles. The Kier molecular flexibility index (Phi) is 3.31. The van der Waals surface area contributed by atoms with Crippen molar-refractivity contribution in [3.05, 3.63) is 60.7 Å². The smallest absolute Gasteiger partial charge is 0.0619 e. The van der Waals surface area contributed by atoms with Crippen LogP contribution in [0.3, 0.4) is 0 Å². The van der Waals surface area contributed by atoms with E-state index in [1.807, 2.05) is 0 Å². The summed E-state index contributed by atoms with van der Waals surface area (Å²) >= 11 is 0. The van der Waals surface area contributed by atoms with Crippen LogP contribution >= 0.6 is 0 Å². The first-order valence-electron chi connectivity index (χ1n) is 7.75. The van der Waals surface area contributed by atoms with E-state index in [9.17, 15) is 0 Å². The average molecular weight is 281 g/mol. The SMILES string of the molecule is c1ccc([S+](c2ccccc2)C2CC3CCC2C3)cc1. The van der Waals surface area contributed by atoms with E-state index in [-0.39, 0.29) is 10.9 Å². The van der Waals surface area contributed by atoms with Crippen LogP contribution in [0.1, 0.15) is 25.7 Å². The molecule has 0 aromatic heterocycles. The zero-order valence-electron chi connectivity index (χ0n) is 11.7. The summed E-state index contributed by atoms with van der Waals surface area (Å²) in [6.45, 7) is 0. The highest BCUT2D eigenvalue weighted by atomic mass is 32.2. The van der Waals surface area contributed by atoms with Crippen LogP contribution in [0.25, 0.3) is 0 Å². The van der Waals surface area contributed by atoms with Crippen LogP contribution in [0.5, 0.6) is 0 Å². The van der Waals surface area contributed by atoms with Crippen LogP contribution in [0, 0.1) is 11.8 Å². The molecule has 0 amide bonds. The van der Waals surface area contributed by atoms with Gasteiger partial charge in [-0.3, -0.25) is 0 Å². The molecule has 0 spiro atoms. The third-order valence-electron chi connectivity index (χ3n) is 4.97. The average Bonchev–Trinajstić information content (AvgIpc) is 3.13. The normalized spacial score (nSPS) is 28.1. The zero-order chi connectivity index (χ0) is 13.4. The van der Waals surface area contributed by atoms with E-state index in [0.29, 0.717) is 0 Å². The highest BCUT2D eigenvalue weighted by molar-refractivity contribution is 7.97. The van der Waals surface area contributed by atoms with Crippen molar-refractivity contribution in [2.75, 3.05) is 0 Å². The van der Waals surface area contributed by atoms with E-state index in [1.165, 1.54) is 35.5 Å². The molecule has 0 nitrogen and oxygen atoms in total. The van der Waals surface area contributed by atoms with Gasteiger partial charge in [0.15, 0.2) is 9.79 Å². The molecule has 3 atom stereocenters. The summed E-state index contributed by atoms with van der Waals surface area (Å²) in [6, 6.07) is 22.4. The Morgan fingerprint density at radius 2 is 1.30 bits per heavy atom. The van der Waals surface area contributed by atoms with Gasteiger partial charge in [0, 0.05) is 5.92 Å². The maximum Gasteiger partial charge on any atom is 0.160 e. The second-order valence-corrected chi connectivity index (χ2v) is 8.40. The van der Waals surface area contributed by atoms with Gasteiger partial charge < -0.3 is 0 Å². The lowest BCUT2D eigenvalue weighted by Gasteiger charge is -2.22. The minimum absolute atomic E-state index is 0.274. The molecule has 2 aliphatic rings. The van der Waals surface area contributed by atoms with Gasteiger partial charge in [-0.05, 0) is 55.9 Å². The molecule has 20 heavy (non-hydrogen) atoms. The van der Waals surface area contributed by atoms with Crippen molar-refractivity contribution in [3.8, 4) is 0 Å². The Balaban J connectivity index is 1.74. The van der Waals surface area contributed by atoms with Gasteiger partial charge in [0.1, 0.15) is 5.25 Å². The maximum absolute atomic E-state index is 2.34. The van der Waals surface area contributed by atoms with Gasteiger partial charge in [-0.1, -0.05) is 36.4 Å². The number of hydrogen-bond donors (Lipinski definition) is 0. The summed E-state index contributed by atoms with van der Waals surface area (Å²) in [4.78, 5) is 3.08. The van der Waals surface area contributed by atoms with Gasteiger partial charge in [-0.25, -0.2) is 0 Å². The van der Waals surface area contributed by atoms with Crippen LogP contribution in [-0.4, -0.2) is 5.25 Å². The minimum Gasteiger partial charge on any atom is -0.0619 e. The molecule has 0 aliphatic heterocycles. The Morgan fingerprint density at radius 1 is 0.700 bits per heavy atom. The molecule has 4 rings (SSSR count). The van der Waals surface area contributed by atoms with Crippen molar-refractivity contribution in [3.63, 3.8) is 0 Å². The third-order valence-corrected chi connectivity index (χ3v) is 7.71. The van der Waals surface area contributed by atoms with Gasteiger partial charge in [0.25, 0.3) is 0 Å². The van der Waals surface area contributed by atoms with E-state index in [0.717, 1.165) is 17.1 Å². The summed E-state index contributed by atoms with van der Waals surface area (Å²) in [5.74, 6) is 2.00. The van der Waals surface area contributed by atoms with Gasteiger partial charge in [0.2, 0.25) is 0 Å². The van der Waals surface area contributed by atoms with Crippen molar-refractivity contribution < 1.29 is 0 Å². The molecular formula is C19H21S+. The fraction of sp³-hybridized carbons (Fsp3) is 0.368. The molecule has 0 N–H and O–H groups in total. The van der Waals surface area contributed by atoms with Crippen molar-refractivity contribution in [1.82, 2.24) is 0 Å². The fourth-order valence-electron chi connectivity index (χ4n) is 4.09. The molecule has 2 bridgehead atoms. The second-order valence-electron chi connectivity index (χ2n) is 6.18. The second kappa shape index (κ2) is 5.29. The molecule has 1 heteroatoms. The molecule has 0 radical (unpaired) electrons. The van der Waals surface area contributed by atoms with Crippen LogP contribution in [0.4, 0.5) is 0 Å². The first-order chi connectivity index (χ1) is 9.92. The monoisotopic (exact) mass is 281 g/mol. The molecule has 0 saturated heterocycles. The van der Waals surface area contributed by atoms with Crippen LogP contribution < -0.4 is 0 Å². The van der Waals surface area contributed by atoms with Gasteiger partial charge in [0.05, 0.1) is 10.9 Å². The van der Waals surface area contributed by atoms with Crippen molar-refractivity contribution >= 4 is 10.9 Å². The Labute approximate surface area is 124 Å². The lowest BCUT2D eigenvalue weighted by atomic mass is 10.0. The summed E-state index contributed by atoms with van der Waals surface area (Å²) in [5, 5.41) is 0.888. The van der Waals surface area contributed by atoms with E-state index >= 15 is 0 Å². The summed E-state index contributed by atoms with van der Waals surface area (Å²) in [6.07, 6.45) is 5.91. The van der Waals surface area contributed by atoms with E-state index < -0.39 is 0 Å². The standard InChI is InChI=1S/C19H21S/c1-3-7-17(8-4-1)20(18-9-5-2-6-10-18)19-14-15-11-12-16(19)13-15/h1-10,15-16,19H,11-14H2/q+1. The lowest BCUT2D eigenvalue weighted by Crippen LogP contribution is -2.27. The minimum atomic E-state index is 0.274. The zero-order valence-corrected chi connectivity index (χ0v) is 12.6. The predicted molar refractivity (Wildman–Crippen MR) is 86.0 cm³/mol. The lowest BCUT2D eigenvalue weighted by molar-refractivity contribution is 0.489. The molecule has 2 fully saturated rings. The Bertz CT molecular complexity index is 523. The first kappa shape index (κ1) is 12.5. The summed E-state index contributed by atoms with van der Waals surface area (Å²) in [5.41, 5.74) is 0. The third kappa shape index (κ3) is 2.18. The van der Waals surface area contributed by atoms with Gasteiger partial charge >= 0.3 is 0 Å². The number of hydrogen-bond acceptors (Lipinski definition) is 0. The molecule has 2 aliphatic carbocycles. The van der Waals surface area contributed by atoms with Crippen LogP contribution in [-0.2, 0) is 10.9 Å². The quantitative estimate of drug-likeness (QED) is 0.701. The van der Waals surface area contributed by atoms with Crippen molar-refractivity contribution in [2.45, 2.75) is 40.7 Å². The van der Waals surface area contributed by atoms with Gasteiger partial charge in [-0.15, -0.1) is 0 Å². The Morgan fingerprint density at radius 3 is 1.75 bits per heavy atom. The van der Waals surface area contributed by atoms with E-state index in [1.54, 1.807) is 0 Å². The highest BCUT2D eigenvalue weighted by Crippen LogP contribution is 2.50.